The van der Waals surface area contributed by atoms with Gasteiger partial charge >= 0.3 is 0 Å². The van der Waals surface area contributed by atoms with Gasteiger partial charge in [-0.25, -0.2) is 4.98 Å². The molecule has 0 saturated carbocycles. The van der Waals surface area contributed by atoms with Crippen LogP contribution < -0.4 is 10.9 Å². The van der Waals surface area contributed by atoms with Gasteiger partial charge in [-0.05, 0) is 24.7 Å². The van der Waals surface area contributed by atoms with E-state index in [1.807, 2.05) is 0 Å². The zero-order valence-corrected chi connectivity index (χ0v) is 17.8. The van der Waals surface area contributed by atoms with Gasteiger partial charge in [-0.15, -0.1) is 0 Å². The first-order chi connectivity index (χ1) is 15.9. The predicted octanol–water partition coefficient (Wildman–Crippen LogP) is 0.793. The number of rotatable bonds is 4. The van der Waals surface area contributed by atoms with Crippen LogP contribution in [-0.2, 0) is 4.74 Å². The van der Waals surface area contributed by atoms with Gasteiger partial charge in [-0.1, -0.05) is 0 Å². The highest BCUT2D eigenvalue weighted by Gasteiger charge is 2.46. The molecule has 172 valence electrons. The molecule has 0 aromatic carbocycles. The fraction of sp³-hybridized carbons (Fsp3) is 0.409. The third-order valence-electron chi connectivity index (χ3n) is 6.58. The monoisotopic (exact) mass is 452 g/mol. The topological polar surface area (TPSA) is 153 Å². The van der Waals surface area contributed by atoms with Crippen molar-refractivity contribution < 1.29 is 19.4 Å². The molecular weight excluding hydrogens is 428 g/mol. The lowest BCUT2D eigenvalue weighted by molar-refractivity contribution is 0.0190. The van der Waals surface area contributed by atoms with Gasteiger partial charge in [0.05, 0.1) is 29.2 Å². The molecule has 2 aliphatic rings. The van der Waals surface area contributed by atoms with Crippen molar-refractivity contribution in [1.82, 2.24) is 30.2 Å². The standard InChI is InChI=1S/C22H24N6O5/c29-17-5-13(6-18(30)27-17)21(32)28-11-22(1-3-33-4-2-22)7-14(28)8-24-20(31)15-9-23-10-16-19(15)26-12-25-16/h5-6,9-10,12,14H,1-4,7-8,11H2,(H,24,31)(H,25,26)(H2,27,29,30). The van der Waals surface area contributed by atoms with Crippen molar-refractivity contribution >= 4 is 22.8 Å². The third kappa shape index (κ3) is 4.07. The van der Waals surface area contributed by atoms with Crippen LogP contribution in [0.5, 0.6) is 5.88 Å². The van der Waals surface area contributed by atoms with Gasteiger partial charge in [0.2, 0.25) is 0 Å². The first-order valence-corrected chi connectivity index (χ1v) is 10.8. The molecule has 3 aromatic rings. The molecule has 33 heavy (non-hydrogen) atoms. The number of hydrogen-bond acceptors (Lipinski definition) is 7. The van der Waals surface area contributed by atoms with Crippen LogP contribution in [0, 0.1) is 5.41 Å². The maximum atomic E-state index is 13.3. The summed E-state index contributed by atoms with van der Waals surface area (Å²) in [5.74, 6) is -1.04. The molecule has 11 nitrogen and oxygen atoms in total. The Hall–Kier alpha value is -3.73. The van der Waals surface area contributed by atoms with Crippen molar-refractivity contribution in [3.8, 4) is 5.88 Å². The summed E-state index contributed by atoms with van der Waals surface area (Å²) < 4.78 is 5.52. The lowest BCUT2D eigenvalue weighted by atomic mass is 9.78. The van der Waals surface area contributed by atoms with Crippen LogP contribution >= 0.6 is 0 Å². The van der Waals surface area contributed by atoms with E-state index in [1.54, 1.807) is 11.1 Å². The molecule has 3 aromatic heterocycles. The Labute approximate surface area is 188 Å². The Balaban J connectivity index is 1.38. The number of fused-ring (bicyclic) bond motifs is 1. The Bertz CT molecular complexity index is 1260. The Morgan fingerprint density at radius 1 is 1.27 bits per heavy atom. The Morgan fingerprint density at radius 2 is 2.09 bits per heavy atom. The number of nitrogens with zero attached hydrogens (tertiary/aromatic N) is 3. The molecule has 11 heteroatoms. The second-order valence-corrected chi connectivity index (χ2v) is 8.72. The maximum absolute atomic E-state index is 13.3. The van der Waals surface area contributed by atoms with Gasteiger partial charge < -0.3 is 25.0 Å². The van der Waals surface area contributed by atoms with E-state index in [9.17, 15) is 19.5 Å². The van der Waals surface area contributed by atoms with Gasteiger partial charge in [0, 0.05) is 50.7 Å². The largest absolute Gasteiger partial charge is 0.494 e. The molecule has 0 bridgehead atoms. The predicted molar refractivity (Wildman–Crippen MR) is 117 cm³/mol. The van der Waals surface area contributed by atoms with E-state index < -0.39 is 5.56 Å². The molecule has 0 aliphatic carbocycles. The molecule has 1 atom stereocenters. The number of aromatic amines is 2. The molecule has 1 unspecified atom stereocenters. The number of hydrogen-bond donors (Lipinski definition) is 4. The second-order valence-electron chi connectivity index (χ2n) is 8.72. The summed E-state index contributed by atoms with van der Waals surface area (Å²) in [5.41, 5.74) is 1.00. The van der Waals surface area contributed by atoms with Crippen LogP contribution in [0.1, 0.15) is 40.0 Å². The normalized spacial score (nSPS) is 19.8. The zero-order chi connectivity index (χ0) is 23.0. The maximum Gasteiger partial charge on any atom is 0.255 e. The summed E-state index contributed by atoms with van der Waals surface area (Å²) in [6.07, 6.45) is 6.92. The molecule has 5 rings (SSSR count). The zero-order valence-electron chi connectivity index (χ0n) is 17.8. The number of likely N-dealkylation sites (tertiary alicyclic amines) is 1. The van der Waals surface area contributed by atoms with E-state index in [2.05, 4.69) is 25.3 Å². The molecule has 2 saturated heterocycles. The molecule has 2 amide bonds. The van der Waals surface area contributed by atoms with Crippen molar-refractivity contribution in [1.29, 1.82) is 0 Å². The average molecular weight is 452 g/mol. The summed E-state index contributed by atoms with van der Waals surface area (Å²) in [4.78, 5) is 53.2. The highest BCUT2D eigenvalue weighted by molar-refractivity contribution is 6.04. The number of H-pyrrole nitrogens is 2. The van der Waals surface area contributed by atoms with E-state index in [4.69, 9.17) is 4.74 Å². The number of carbonyl (C=O) groups is 2. The Kier molecular flexibility index (Phi) is 5.33. The van der Waals surface area contributed by atoms with Crippen LogP contribution in [0.4, 0.5) is 0 Å². The van der Waals surface area contributed by atoms with Crippen molar-refractivity contribution in [3.05, 3.63) is 52.3 Å². The number of ether oxygens (including phenoxy) is 1. The number of amides is 2. The van der Waals surface area contributed by atoms with E-state index in [0.717, 1.165) is 12.8 Å². The number of pyridine rings is 2. The number of aromatic nitrogens is 4. The van der Waals surface area contributed by atoms with E-state index in [-0.39, 0.29) is 41.3 Å². The highest BCUT2D eigenvalue weighted by atomic mass is 16.5. The molecule has 2 fully saturated rings. The van der Waals surface area contributed by atoms with Crippen molar-refractivity contribution in [2.45, 2.75) is 25.3 Å². The summed E-state index contributed by atoms with van der Waals surface area (Å²) >= 11 is 0. The molecular formula is C22H24N6O5. The minimum Gasteiger partial charge on any atom is -0.494 e. The summed E-state index contributed by atoms with van der Waals surface area (Å²) in [6.45, 7) is 1.99. The first-order valence-electron chi connectivity index (χ1n) is 10.8. The molecule has 0 radical (unpaired) electrons. The lowest BCUT2D eigenvalue weighted by Crippen LogP contribution is -2.43. The van der Waals surface area contributed by atoms with E-state index in [1.165, 1.54) is 24.7 Å². The molecule has 2 aliphatic heterocycles. The number of nitrogens with one attached hydrogen (secondary N) is 3. The summed E-state index contributed by atoms with van der Waals surface area (Å²) in [6, 6.07) is 2.15. The van der Waals surface area contributed by atoms with Gasteiger partial charge in [-0.2, -0.15) is 0 Å². The van der Waals surface area contributed by atoms with Crippen LogP contribution in [0.3, 0.4) is 0 Å². The smallest absolute Gasteiger partial charge is 0.255 e. The van der Waals surface area contributed by atoms with Crippen LogP contribution in [-0.4, -0.2) is 74.1 Å². The van der Waals surface area contributed by atoms with Crippen molar-refractivity contribution in [3.63, 3.8) is 0 Å². The van der Waals surface area contributed by atoms with Crippen LogP contribution in [0.2, 0.25) is 0 Å². The quantitative estimate of drug-likeness (QED) is 0.456. The molecule has 4 N–H and O–H groups in total. The summed E-state index contributed by atoms with van der Waals surface area (Å²) in [7, 11) is 0. The minimum atomic E-state index is -0.553. The summed E-state index contributed by atoms with van der Waals surface area (Å²) in [5, 5.41) is 12.7. The number of aromatic hydroxyl groups is 1. The number of imidazole rings is 1. The Morgan fingerprint density at radius 3 is 2.88 bits per heavy atom. The highest BCUT2D eigenvalue weighted by Crippen LogP contribution is 2.43. The van der Waals surface area contributed by atoms with Crippen LogP contribution in [0.15, 0.2) is 35.6 Å². The van der Waals surface area contributed by atoms with Gasteiger partial charge in [0.25, 0.3) is 17.4 Å². The second kappa shape index (κ2) is 8.32. The molecule has 1 spiro atoms. The van der Waals surface area contributed by atoms with Crippen molar-refractivity contribution in [2.24, 2.45) is 5.41 Å². The van der Waals surface area contributed by atoms with Gasteiger partial charge in [0.1, 0.15) is 5.52 Å². The fourth-order valence-electron chi connectivity index (χ4n) is 4.91. The van der Waals surface area contributed by atoms with E-state index >= 15 is 0 Å². The third-order valence-corrected chi connectivity index (χ3v) is 6.58. The van der Waals surface area contributed by atoms with E-state index in [0.29, 0.717) is 42.8 Å². The van der Waals surface area contributed by atoms with Crippen LogP contribution in [0.25, 0.3) is 11.0 Å². The van der Waals surface area contributed by atoms with Gasteiger partial charge in [0.15, 0.2) is 5.88 Å². The lowest BCUT2D eigenvalue weighted by Gasteiger charge is -2.33. The fourth-order valence-corrected chi connectivity index (χ4v) is 4.91. The van der Waals surface area contributed by atoms with Gasteiger partial charge in [-0.3, -0.25) is 24.4 Å². The first kappa shape index (κ1) is 21.1. The minimum absolute atomic E-state index is 0.101. The average Bonchev–Trinajstić information content (AvgIpc) is 3.41. The molecule has 5 heterocycles. The SMILES string of the molecule is O=C(NCC1CC2(CCOCC2)CN1C(=O)c1cc(O)[nH]c(=O)c1)c1cncc2[nH]cnc12. The number of carbonyl (C=O) groups excluding carboxylic acids is 2. The van der Waals surface area contributed by atoms with Crippen molar-refractivity contribution in [2.75, 3.05) is 26.3 Å².